The molecule has 2 unspecified atom stereocenters. The molecule has 0 aliphatic heterocycles. The number of hydrogen-bond donors (Lipinski definition) is 3. The van der Waals surface area contributed by atoms with Crippen molar-refractivity contribution in [2.75, 3.05) is 39.6 Å². The number of phosphoric ester groups is 2. The molecule has 0 saturated heterocycles. The largest absolute Gasteiger partial charge is 0.472 e. The SMILES string of the molecule is CCCCCCCCCCCCCCCCCCCCCC(=O)OC[C@H](COP(=O)(O)OC[C@@H](O)COP(=O)(O)OC[C@@H](COC(=O)CCCCCCC)OC(=O)CCCCCCCCCCCCCCCCC)OC(=O)CCCCCCCCCCCCCCCCCCC(C)C. The van der Waals surface area contributed by atoms with Crippen LogP contribution in [0, 0.1) is 5.92 Å². The van der Waals surface area contributed by atoms with E-state index >= 15 is 0 Å². The Labute approximate surface area is 600 Å². The van der Waals surface area contributed by atoms with Crippen molar-refractivity contribution >= 4 is 39.5 Å². The predicted octanol–water partition coefficient (Wildman–Crippen LogP) is 23.6. The highest BCUT2D eigenvalue weighted by Crippen LogP contribution is 2.45. The summed E-state index contributed by atoms with van der Waals surface area (Å²) in [5.41, 5.74) is 0. The van der Waals surface area contributed by atoms with Crippen molar-refractivity contribution in [3.8, 4) is 0 Å². The molecule has 19 heteroatoms. The Balaban J connectivity index is 5.12. The fourth-order valence-electron chi connectivity index (χ4n) is 12.2. The number of carbonyl (C=O) groups is 4. The van der Waals surface area contributed by atoms with Crippen LogP contribution in [0.5, 0.6) is 0 Å². The van der Waals surface area contributed by atoms with Crippen LogP contribution in [-0.4, -0.2) is 96.7 Å². The van der Waals surface area contributed by atoms with Gasteiger partial charge in [0.25, 0.3) is 0 Å². The number of ether oxygens (including phenoxy) is 4. The first-order valence-electron chi connectivity index (χ1n) is 41.1. The van der Waals surface area contributed by atoms with Crippen LogP contribution in [0.1, 0.15) is 420 Å². The summed E-state index contributed by atoms with van der Waals surface area (Å²) in [5, 5.41) is 10.6. The van der Waals surface area contributed by atoms with Crippen molar-refractivity contribution in [1.29, 1.82) is 0 Å². The normalized spacial score (nSPS) is 13.9. The van der Waals surface area contributed by atoms with Gasteiger partial charge in [-0.05, 0) is 31.6 Å². The van der Waals surface area contributed by atoms with Crippen molar-refractivity contribution < 1.29 is 80.2 Å². The van der Waals surface area contributed by atoms with Gasteiger partial charge in [0.15, 0.2) is 12.2 Å². The number of carbonyl (C=O) groups excluding carboxylic acids is 4. The van der Waals surface area contributed by atoms with Crippen LogP contribution < -0.4 is 0 Å². The highest BCUT2D eigenvalue weighted by atomic mass is 31.2. The third-order valence-corrected chi connectivity index (χ3v) is 20.4. The maximum absolute atomic E-state index is 13.1. The molecule has 0 aromatic heterocycles. The summed E-state index contributed by atoms with van der Waals surface area (Å²) in [6.07, 6.45) is 62.9. The Bertz CT molecular complexity index is 1870. The van der Waals surface area contributed by atoms with E-state index in [1.165, 1.54) is 238 Å². The summed E-state index contributed by atoms with van der Waals surface area (Å²) in [5.74, 6) is -1.31. The third kappa shape index (κ3) is 72.4. The van der Waals surface area contributed by atoms with Gasteiger partial charge in [0.2, 0.25) is 0 Å². The molecule has 0 aromatic carbocycles. The molecule has 0 amide bonds. The van der Waals surface area contributed by atoms with Crippen molar-refractivity contribution in [1.82, 2.24) is 0 Å². The molecule has 0 aliphatic rings. The van der Waals surface area contributed by atoms with Crippen LogP contribution in [-0.2, 0) is 65.4 Å². The number of rotatable bonds is 79. The number of hydrogen-bond acceptors (Lipinski definition) is 15. The van der Waals surface area contributed by atoms with Gasteiger partial charge in [0.05, 0.1) is 26.4 Å². The van der Waals surface area contributed by atoms with Gasteiger partial charge in [-0.1, -0.05) is 369 Å². The third-order valence-electron chi connectivity index (χ3n) is 18.5. The van der Waals surface area contributed by atoms with E-state index in [0.29, 0.717) is 25.7 Å². The highest BCUT2D eigenvalue weighted by molar-refractivity contribution is 7.47. The molecule has 0 radical (unpaired) electrons. The van der Waals surface area contributed by atoms with E-state index in [-0.39, 0.29) is 25.7 Å². The zero-order chi connectivity index (χ0) is 71.9. The average Bonchev–Trinajstić information content (AvgIpc) is 0.965. The van der Waals surface area contributed by atoms with Crippen molar-refractivity contribution in [2.24, 2.45) is 5.92 Å². The van der Waals surface area contributed by atoms with Crippen LogP contribution in [0.15, 0.2) is 0 Å². The van der Waals surface area contributed by atoms with Gasteiger partial charge in [0, 0.05) is 25.7 Å². The number of phosphoric acid groups is 2. The quantitative estimate of drug-likeness (QED) is 0.0222. The Hall–Kier alpha value is -1.94. The molecule has 0 rings (SSSR count). The molecular formula is C79H154O17P2. The Morgan fingerprint density at radius 2 is 0.469 bits per heavy atom. The molecular weight excluding hydrogens is 1280 g/mol. The van der Waals surface area contributed by atoms with Crippen molar-refractivity contribution in [2.45, 2.75) is 438 Å². The first-order chi connectivity index (χ1) is 47.5. The van der Waals surface area contributed by atoms with Crippen LogP contribution in [0.2, 0.25) is 0 Å². The summed E-state index contributed by atoms with van der Waals surface area (Å²) in [4.78, 5) is 72.6. The van der Waals surface area contributed by atoms with E-state index < -0.39 is 97.5 Å². The fourth-order valence-corrected chi connectivity index (χ4v) is 13.8. The molecule has 98 heavy (non-hydrogen) atoms. The molecule has 0 aromatic rings. The summed E-state index contributed by atoms with van der Waals surface area (Å²) in [7, 11) is -9.90. The van der Waals surface area contributed by atoms with E-state index in [1.54, 1.807) is 0 Å². The summed E-state index contributed by atoms with van der Waals surface area (Å²) >= 11 is 0. The minimum Gasteiger partial charge on any atom is -0.462 e. The monoisotopic (exact) mass is 1440 g/mol. The van der Waals surface area contributed by atoms with Gasteiger partial charge in [-0.3, -0.25) is 37.3 Å². The lowest BCUT2D eigenvalue weighted by atomic mass is 10.0. The minimum absolute atomic E-state index is 0.108. The Morgan fingerprint density at radius 3 is 0.694 bits per heavy atom. The number of unbranched alkanes of at least 4 members (excludes halogenated alkanes) is 51. The van der Waals surface area contributed by atoms with Crippen molar-refractivity contribution in [3.63, 3.8) is 0 Å². The molecule has 0 bridgehead atoms. The van der Waals surface area contributed by atoms with E-state index in [0.717, 1.165) is 102 Å². The maximum Gasteiger partial charge on any atom is 0.472 e. The number of esters is 4. The van der Waals surface area contributed by atoms with Crippen LogP contribution >= 0.6 is 15.6 Å². The molecule has 582 valence electrons. The molecule has 17 nitrogen and oxygen atoms in total. The van der Waals surface area contributed by atoms with Crippen LogP contribution in [0.4, 0.5) is 0 Å². The second-order valence-electron chi connectivity index (χ2n) is 28.9. The minimum atomic E-state index is -4.96. The van der Waals surface area contributed by atoms with Gasteiger partial charge in [-0.25, -0.2) is 9.13 Å². The Morgan fingerprint density at radius 1 is 0.276 bits per heavy atom. The summed E-state index contributed by atoms with van der Waals surface area (Å²) < 4.78 is 68.4. The average molecular weight is 1440 g/mol. The van der Waals surface area contributed by atoms with E-state index in [4.69, 9.17) is 37.0 Å². The van der Waals surface area contributed by atoms with E-state index in [2.05, 4.69) is 34.6 Å². The number of aliphatic hydroxyl groups excluding tert-OH is 1. The molecule has 0 fully saturated rings. The summed E-state index contributed by atoms with van der Waals surface area (Å²) in [6, 6.07) is 0. The second-order valence-corrected chi connectivity index (χ2v) is 31.8. The van der Waals surface area contributed by atoms with Crippen LogP contribution in [0.25, 0.3) is 0 Å². The first-order valence-corrected chi connectivity index (χ1v) is 44.1. The number of aliphatic hydroxyl groups is 1. The van der Waals surface area contributed by atoms with Crippen molar-refractivity contribution in [3.05, 3.63) is 0 Å². The molecule has 0 heterocycles. The maximum atomic E-state index is 13.1. The molecule has 3 N–H and O–H groups in total. The standard InChI is InChI=1S/C79H154O17P2/c1-6-9-12-15-17-19-21-23-25-26-27-28-33-36-40-44-48-53-58-63-77(82)90-69-75(96-79(84)65-60-55-50-46-42-38-34-30-29-32-35-39-43-47-52-56-61-72(4)5)71-94-98(87,88)92-67-73(80)66-91-97(85,86)93-70-74(68-89-76(81)62-57-51-14-11-8-3)95-78(83)64-59-54-49-45-41-37-31-24-22-20-18-16-13-10-7-2/h72-75,80H,6-71H2,1-5H3,(H,85,86)(H,87,88)/t73-,74+,75+/m0/s1. The smallest absolute Gasteiger partial charge is 0.462 e. The molecule has 0 aliphatic carbocycles. The lowest BCUT2D eigenvalue weighted by Gasteiger charge is -2.21. The lowest BCUT2D eigenvalue weighted by molar-refractivity contribution is -0.161. The van der Waals surface area contributed by atoms with Gasteiger partial charge >= 0.3 is 39.5 Å². The lowest BCUT2D eigenvalue weighted by Crippen LogP contribution is -2.30. The van der Waals surface area contributed by atoms with Gasteiger partial charge < -0.3 is 33.8 Å². The van der Waals surface area contributed by atoms with Gasteiger partial charge in [-0.2, -0.15) is 0 Å². The molecule has 0 spiro atoms. The molecule has 5 atom stereocenters. The second kappa shape index (κ2) is 72.0. The van der Waals surface area contributed by atoms with E-state index in [1.807, 2.05) is 0 Å². The Kier molecular flexibility index (Phi) is 70.6. The fraction of sp³-hybridized carbons (Fsp3) is 0.949. The zero-order valence-electron chi connectivity index (χ0n) is 63.9. The van der Waals surface area contributed by atoms with Gasteiger partial charge in [-0.15, -0.1) is 0 Å². The van der Waals surface area contributed by atoms with Gasteiger partial charge in [0.1, 0.15) is 19.3 Å². The van der Waals surface area contributed by atoms with E-state index in [9.17, 15) is 43.2 Å². The summed E-state index contributed by atoms with van der Waals surface area (Å²) in [6.45, 7) is 7.26. The first kappa shape index (κ1) is 96.1. The topological polar surface area (TPSA) is 237 Å². The molecule has 0 saturated carbocycles. The predicted molar refractivity (Wildman–Crippen MR) is 400 cm³/mol. The zero-order valence-corrected chi connectivity index (χ0v) is 65.7. The highest BCUT2D eigenvalue weighted by Gasteiger charge is 2.30. The van der Waals surface area contributed by atoms with Crippen LogP contribution in [0.3, 0.4) is 0 Å².